The third-order valence-electron chi connectivity index (χ3n) is 6.95. The van der Waals surface area contributed by atoms with Crippen molar-refractivity contribution in [2.75, 3.05) is 0 Å². The summed E-state index contributed by atoms with van der Waals surface area (Å²) in [5.74, 6) is 0. The fraction of sp³-hybridized carbons (Fsp3) is 0.0270. The normalized spacial score (nSPS) is 10.7. The van der Waals surface area contributed by atoms with Crippen molar-refractivity contribution in [1.82, 2.24) is 0 Å². The van der Waals surface area contributed by atoms with Gasteiger partial charge in [0.15, 0.2) is 0 Å². The molecule has 0 unspecified atom stereocenters. The van der Waals surface area contributed by atoms with Gasteiger partial charge < -0.3 is 12.4 Å². The zero-order chi connectivity index (χ0) is 27.6. The molecule has 0 amide bonds. The first kappa shape index (κ1) is 29.3. The minimum Gasteiger partial charge on any atom is -1.00 e. The lowest BCUT2D eigenvalue weighted by Crippen LogP contribution is -3.00. The highest BCUT2D eigenvalue weighted by Gasteiger charge is 2.45. The van der Waals surface area contributed by atoms with Gasteiger partial charge in [0.1, 0.15) is 40.9 Å². The lowest BCUT2D eigenvalue weighted by atomic mass is 10.1. The topological polar surface area (TPSA) is 47.6 Å². The van der Waals surface area contributed by atoms with Gasteiger partial charge in [-0.05, 0) is 64.7 Å². The molecule has 5 aromatic rings. The molecule has 0 saturated carbocycles. The third-order valence-corrected chi connectivity index (χ3v) is 11.3. The van der Waals surface area contributed by atoms with E-state index in [-0.39, 0.29) is 18.0 Å². The van der Waals surface area contributed by atoms with Crippen LogP contribution in [0.25, 0.3) is 18.2 Å². The number of nitrogens with zero attached hydrogens (tertiary/aromatic N) is 2. The van der Waals surface area contributed by atoms with Crippen LogP contribution >= 0.6 is 7.26 Å². The van der Waals surface area contributed by atoms with Crippen molar-refractivity contribution in [2.24, 2.45) is 0 Å². The SMILES string of the molecule is N#CC(C#N)=Cc1ccc(/C=C/c2ccc(C[P+](c3ccccc3)(c3ccccc3)c3ccccc3)cc2)cc1.[Cl-]. The molecule has 0 aliphatic rings. The second kappa shape index (κ2) is 14.1. The molecule has 0 heterocycles. The molecule has 0 atom stereocenters. The number of allylic oxidation sites excluding steroid dienone is 1. The summed E-state index contributed by atoms with van der Waals surface area (Å²) in [7, 11) is -1.94. The molecule has 4 heteroatoms. The summed E-state index contributed by atoms with van der Waals surface area (Å²) >= 11 is 0. The van der Waals surface area contributed by atoms with Crippen LogP contribution in [-0.2, 0) is 6.16 Å². The number of rotatable bonds is 8. The summed E-state index contributed by atoms with van der Waals surface area (Å²) in [5, 5.41) is 22.1. The highest BCUT2D eigenvalue weighted by molar-refractivity contribution is 7.95. The van der Waals surface area contributed by atoms with Crippen molar-refractivity contribution in [3.63, 3.8) is 0 Å². The van der Waals surface area contributed by atoms with Crippen molar-refractivity contribution >= 4 is 41.4 Å². The zero-order valence-corrected chi connectivity index (χ0v) is 24.1. The Balaban J connectivity index is 0.00000387. The van der Waals surface area contributed by atoms with Crippen LogP contribution < -0.4 is 28.3 Å². The summed E-state index contributed by atoms with van der Waals surface area (Å²) in [6.45, 7) is 0. The van der Waals surface area contributed by atoms with Gasteiger partial charge in [0.2, 0.25) is 0 Å². The van der Waals surface area contributed by atoms with E-state index in [0.717, 1.165) is 22.9 Å². The minimum absolute atomic E-state index is 0. The van der Waals surface area contributed by atoms with E-state index in [1.807, 2.05) is 36.4 Å². The molecule has 0 aromatic heterocycles. The van der Waals surface area contributed by atoms with Gasteiger partial charge in [-0.2, -0.15) is 10.5 Å². The van der Waals surface area contributed by atoms with E-state index >= 15 is 0 Å². The second-order valence-corrected chi connectivity index (χ2v) is 13.0. The van der Waals surface area contributed by atoms with Crippen LogP contribution in [0.1, 0.15) is 22.3 Å². The minimum atomic E-state index is -1.94. The van der Waals surface area contributed by atoms with Gasteiger partial charge in [-0.15, -0.1) is 0 Å². The van der Waals surface area contributed by atoms with Crippen molar-refractivity contribution in [1.29, 1.82) is 10.5 Å². The van der Waals surface area contributed by atoms with Crippen molar-refractivity contribution in [3.05, 3.63) is 167 Å². The summed E-state index contributed by atoms with van der Waals surface area (Å²) in [6, 6.07) is 53.4. The Morgan fingerprint density at radius 1 is 0.512 bits per heavy atom. The first-order chi connectivity index (χ1) is 19.7. The molecule has 0 aliphatic carbocycles. The molecule has 0 bridgehead atoms. The molecule has 0 spiro atoms. The Morgan fingerprint density at radius 3 is 1.27 bits per heavy atom. The van der Waals surface area contributed by atoms with Crippen molar-refractivity contribution in [2.45, 2.75) is 6.16 Å². The lowest BCUT2D eigenvalue weighted by Gasteiger charge is -2.28. The van der Waals surface area contributed by atoms with E-state index in [4.69, 9.17) is 10.5 Å². The van der Waals surface area contributed by atoms with E-state index in [2.05, 4.69) is 127 Å². The van der Waals surface area contributed by atoms with Gasteiger partial charge >= 0.3 is 0 Å². The quantitative estimate of drug-likeness (QED) is 0.154. The average molecular weight is 567 g/mol. The summed E-state index contributed by atoms with van der Waals surface area (Å²) < 4.78 is 0. The van der Waals surface area contributed by atoms with Crippen LogP contribution in [0.2, 0.25) is 0 Å². The number of halogens is 1. The molecule has 41 heavy (non-hydrogen) atoms. The molecule has 0 aliphatic heterocycles. The Labute approximate surface area is 249 Å². The van der Waals surface area contributed by atoms with Crippen LogP contribution in [0.15, 0.2) is 145 Å². The van der Waals surface area contributed by atoms with Crippen LogP contribution in [0.3, 0.4) is 0 Å². The zero-order valence-electron chi connectivity index (χ0n) is 22.4. The molecular formula is C37H28ClN2P. The predicted octanol–water partition coefficient (Wildman–Crippen LogP) is 4.79. The number of benzene rings is 5. The summed E-state index contributed by atoms with van der Waals surface area (Å²) in [6.07, 6.45) is 6.72. The monoisotopic (exact) mass is 566 g/mol. The van der Waals surface area contributed by atoms with E-state index in [1.54, 1.807) is 6.08 Å². The van der Waals surface area contributed by atoms with Gasteiger partial charge in [0.25, 0.3) is 0 Å². The Morgan fingerprint density at radius 2 is 0.878 bits per heavy atom. The maximum Gasteiger partial charge on any atom is 0.130 e. The van der Waals surface area contributed by atoms with E-state index < -0.39 is 7.26 Å². The van der Waals surface area contributed by atoms with Gasteiger partial charge in [-0.25, -0.2) is 0 Å². The molecule has 0 fully saturated rings. The highest BCUT2D eigenvalue weighted by Crippen LogP contribution is 2.58. The molecule has 198 valence electrons. The fourth-order valence-electron chi connectivity index (χ4n) is 4.93. The lowest BCUT2D eigenvalue weighted by molar-refractivity contribution is -0.00000810. The van der Waals surface area contributed by atoms with Gasteiger partial charge in [0.05, 0.1) is 6.16 Å². The molecular weight excluding hydrogens is 539 g/mol. The van der Waals surface area contributed by atoms with Gasteiger partial charge in [-0.3, -0.25) is 0 Å². The standard InChI is InChI=1S/C37H28N2P.ClH/c38-27-34(28-39)26-32-22-18-30(19-23-32)16-17-31-20-24-33(25-21-31)29-40(35-10-4-1-5-11-35,36-12-6-2-7-13-36)37-14-8-3-9-15-37;/h1-26H,29H2;1H/q+1;/p-1/b17-16+;. The first-order valence-corrected chi connectivity index (χ1v) is 15.1. The van der Waals surface area contributed by atoms with Crippen LogP contribution in [0, 0.1) is 22.7 Å². The summed E-state index contributed by atoms with van der Waals surface area (Å²) in [4.78, 5) is 0. The number of hydrogen-bond acceptors (Lipinski definition) is 2. The molecule has 0 saturated heterocycles. The van der Waals surface area contributed by atoms with Crippen molar-refractivity contribution < 1.29 is 12.4 Å². The van der Waals surface area contributed by atoms with E-state index in [9.17, 15) is 0 Å². The Bertz CT molecular complexity index is 1580. The second-order valence-electron chi connectivity index (χ2n) is 9.50. The van der Waals surface area contributed by atoms with Crippen LogP contribution in [0.4, 0.5) is 0 Å². The van der Waals surface area contributed by atoms with Crippen LogP contribution in [-0.4, -0.2) is 0 Å². The number of hydrogen-bond donors (Lipinski definition) is 0. The predicted molar refractivity (Wildman–Crippen MR) is 170 cm³/mol. The average Bonchev–Trinajstić information content (AvgIpc) is 3.04. The molecule has 5 rings (SSSR count). The van der Waals surface area contributed by atoms with Crippen LogP contribution in [0.5, 0.6) is 0 Å². The molecule has 5 aromatic carbocycles. The van der Waals surface area contributed by atoms with Gasteiger partial charge in [0, 0.05) is 0 Å². The Hall–Kier alpha value is -4.72. The smallest absolute Gasteiger partial charge is 0.130 e. The van der Waals surface area contributed by atoms with E-state index in [1.165, 1.54) is 21.5 Å². The first-order valence-electron chi connectivity index (χ1n) is 13.2. The number of nitriles is 2. The van der Waals surface area contributed by atoms with Gasteiger partial charge in [-0.1, -0.05) is 115 Å². The van der Waals surface area contributed by atoms with E-state index in [0.29, 0.717) is 0 Å². The fourth-order valence-corrected chi connectivity index (χ4v) is 9.17. The molecule has 0 radical (unpaired) electrons. The summed E-state index contributed by atoms with van der Waals surface area (Å²) in [5.41, 5.74) is 4.43. The maximum absolute atomic E-state index is 8.96. The maximum atomic E-state index is 8.96. The third kappa shape index (κ3) is 6.90. The highest BCUT2D eigenvalue weighted by atomic mass is 35.5. The largest absolute Gasteiger partial charge is 1.00 e. The molecule has 2 nitrogen and oxygen atoms in total. The van der Waals surface area contributed by atoms with Crippen molar-refractivity contribution in [3.8, 4) is 12.1 Å². The Kier molecular flexibility index (Phi) is 10.0. The molecule has 0 N–H and O–H groups in total.